The highest BCUT2D eigenvalue weighted by Gasteiger charge is 2.53. The molecule has 1 heterocycles. The van der Waals surface area contributed by atoms with E-state index in [0.717, 1.165) is 17.5 Å². The van der Waals surface area contributed by atoms with Crippen molar-refractivity contribution in [1.82, 2.24) is 0 Å². The second-order valence-corrected chi connectivity index (χ2v) is 9.67. The molecule has 2 fully saturated rings. The van der Waals surface area contributed by atoms with E-state index in [0.29, 0.717) is 28.5 Å². The van der Waals surface area contributed by atoms with Crippen LogP contribution in [-0.4, -0.2) is 5.91 Å². The molecular formula is C27H25ClN2O. The van der Waals surface area contributed by atoms with Gasteiger partial charge >= 0.3 is 0 Å². The van der Waals surface area contributed by atoms with Crippen LogP contribution in [0.25, 0.3) is 0 Å². The molecule has 0 unspecified atom stereocenters. The van der Waals surface area contributed by atoms with Gasteiger partial charge in [0.15, 0.2) is 0 Å². The number of amides is 1. The molecule has 2 aliphatic carbocycles. The van der Waals surface area contributed by atoms with Crippen LogP contribution in [0.2, 0.25) is 5.02 Å². The molecule has 2 saturated carbocycles. The lowest BCUT2D eigenvalue weighted by Gasteiger charge is -2.43. The Balaban J connectivity index is 1.35. The fraction of sp³-hybridized carbons (Fsp3) is 0.296. The van der Waals surface area contributed by atoms with Crippen LogP contribution in [0.3, 0.4) is 0 Å². The fourth-order valence-electron chi connectivity index (χ4n) is 6.39. The summed E-state index contributed by atoms with van der Waals surface area (Å²) < 4.78 is 0. The lowest BCUT2D eigenvalue weighted by Crippen LogP contribution is -2.35. The van der Waals surface area contributed by atoms with Crippen LogP contribution in [0.4, 0.5) is 11.4 Å². The Morgan fingerprint density at radius 1 is 0.935 bits per heavy atom. The quantitative estimate of drug-likeness (QED) is 0.477. The van der Waals surface area contributed by atoms with Crippen molar-refractivity contribution in [3.05, 3.63) is 94.5 Å². The number of hydrogen-bond donors (Lipinski definition) is 2. The summed E-state index contributed by atoms with van der Waals surface area (Å²) in [6, 6.07) is 24.6. The Morgan fingerprint density at radius 3 is 2.61 bits per heavy atom. The summed E-state index contributed by atoms with van der Waals surface area (Å²) in [4.78, 5) is 13.0. The van der Waals surface area contributed by atoms with E-state index in [1.165, 1.54) is 36.1 Å². The maximum absolute atomic E-state index is 13.0. The molecule has 5 atom stereocenters. The zero-order valence-corrected chi connectivity index (χ0v) is 18.0. The molecule has 6 rings (SSSR count). The highest BCUT2D eigenvalue weighted by atomic mass is 35.5. The summed E-state index contributed by atoms with van der Waals surface area (Å²) in [5.74, 6) is 2.53. The van der Waals surface area contributed by atoms with Crippen LogP contribution in [0.5, 0.6) is 0 Å². The fourth-order valence-corrected chi connectivity index (χ4v) is 6.58. The molecule has 0 saturated heterocycles. The molecular weight excluding hydrogens is 404 g/mol. The maximum Gasteiger partial charge on any atom is 0.255 e. The zero-order chi connectivity index (χ0) is 20.9. The Morgan fingerprint density at radius 2 is 1.77 bits per heavy atom. The number of anilines is 2. The van der Waals surface area contributed by atoms with Gasteiger partial charge in [-0.05, 0) is 90.5 Å². The van der Waals surface area contributed by atoms with Crippen molar-refractivity contribution in [3.8, 4) is 0 Å². The van der Waals surface area contributed by atoms with E-state index < -0.39 is 0 Å². The highest BCUT2D eigenvalue weighted by Crippen LogP contribution is 2.63. The molecule has 3 aliphatic rings. The molecule has 4 heteroatoms. The highest BCUT2D eigenvalue weighted by molar-refractivity contribution is 6.31. The van der Waals surface area contributed by atoms with E-state index in [4.69, 9.17) is 11.6 Å². The molecule has 0 aromatic heterocycles. The van der Waals surface area contributed by atoms with Gasteiger partial charge in [-0.3, -0.25) is 4.79 Å². The van der Waals surface area contributed by atoms with Gasteiger partial charge in [0.2, 0.25) is 0 Å². The molecule has 0 spiro atoms. The zero-order valence-electron chi connectivity index (χ0n) is 17.2. The number of rotatable bonds is 3. The van der Waals surface area contributed by atoms with E-state index in [1.54, 1.807) is 12.1 Å². The van der Waals surface area contributed by atoms with E-state index in [1.807, 2.05) is 18.2 Å². The first-order chi connectivity index (χ1) is 15.2. The number of hydrogen-bond acceptors (Lipinski definition) is 2. The molecule has 31 heavy (non-hydrogen) atoms. The van der Waals surface area contributed by atoms with E-state index >= 15 is 0 Å². The normalized spacial score (nSPS) is 27.8. The Labute approximate surface area is 187 Å². The molecule has 3 nitrogen and oxygen atoms in total. The number of nitrogens with one attached hydrogen (secondary N) is 2. The molecule has 3 aromatic rings. The lowest BCUT2D eigenvalue weighted by molar-refractivity contribution is 0.102. The van der Waals surface area contributed by atoms with Gasteiger partial charge in [-0.1, -0.05) is 48.0 Å². The van der Waals surface area contributed by atoms with Crippen molar-refractivity contribution in [1.29, 1.82) is 0 Å². The number of carbonyl (C=O) groups is 1. The van der Waals surface area contributed by atoms with Crippen LogP contribution in [0, 0.1) is 17.8 Å². The third kappa shape index (κ3) is 3.23. The van der Waals surface area contributed by atoms with Crippen LogP contribution in [0.15, 0.2) is 72.8 Å². The minimum absolute atomic E-state index is 0.0880. The number of carbonyl (C=O) groups excluding carboxylic acids is 1. The first kappa shape index (κ1) is 18.9. The van der Waals surface area contributed by atoms with Crippen LogP contribution in [0.1, 0.15) is 52.7 Å². The monoisotopic (exact) mass is 428 g/mol. The molecule has 1 aliphatic heterocycles. The average molecular weight is 429 g/mol. The minimum Gasteiger partial charge on any atom is -0.378 e. The molecule has 2 bridgehead atoms. The summed E-state index contributed by atoms with van der Waals surface area (Å²) in [6.45, 7) is 0. The summed E-state index contributed by atoms with van der Waals surface area (Å²) >= 11 is 6.07. The van der Waals surface area contributed by atoms with Crippen molar-refractivity contribution in [2.24, 2.45) is 17.8 Å². The number of benzene rings is 3. The average Bonchev–Trinajstić information content (AvgIpc) is 3.42. The smallest absolute Gasteiger partial charge is 0.255 e. The minimum atomic E-state index is -0.0880. The van der Waals surface area contributed by atoms with Gasteiger partial charge in [-0.2, -0.15) is 0 Å². The standard InChI is InChI=1S/C27H25ClN2O/c28-20-7-4-8-21(15-20)29-27(31)19-11-12-23-22(14-19)24-17-9-10-18(13-17)25(24)26(30-23)16-5-2-1-3-6-16/h1-8,11-12,14-15,17-18,24-26,30H,9-10,13H2,(H,29,31)/t17-,18-,24-,25+,26+/m0/s1. The van der Waals surface area contributed by atoms with Gasteiger partial charge in [-0.25, -0.2) is 0 Å². The van der Waals surface area contributed by atoms with Crippen molar-refractivity contribution in [2.75, 3.05) is 10.6 Å². The molecule has 156 valence electrons. The van der Waals surface area contributed by atoms with Gasteiger partial charge in [0.25, 0.3) is 5.91 Å². The molecule has 3 aromatic carbocycles. The first-order valence-electron chi connectivity index (χ1n) is 11.2. The molecule has 2 N–H and O–H groups in total. The third-order valence-corrected chi connectivity index (χ3v) is 7.83. The second kappa shape index (κ2) is 7.42. The summed E-state index contributed by atoms with van der Waals surface area (Å²) in [7, 11) is 0. The van der Waals surface area contributed by atoms with E-state index in [9.17, 15) is 4.79 Å². The topological polar surface area (TPSA) is 41.1 Å². The summed E-state index contributed by atoms with van der Waals surface area (Å²) in [5.41, 5.74) is 5.30. The first-order valence-corrected chi connectivity index (χ1v) is 11.6. The van der Waals surface area contributed by atoms with Crippen molar-refractivity contribution in [3.63, 3.8) is 0 Å². The third-order valence-electron chi connectivity index (χ3n) is 7.59. The van der Waals surface area contributed by atoms with Gasteiger partial charge in [0, 0.05) is 22.0 Å². The van der Waals surface area contributed by atoms with Gasteiger partial charge < -0.3 is 10.6 Å². The summed E-state index contributed by atoms with van der Waals surface area (Å²) in [5, 5.41) is 7.45. The Kier molecular flexibility index (Phi) is 4.53. The van der Waals surface area contributed by atoms with Gasteiger partial charge in [0.1, 0.15) is 0 Å². The predicted molar refractivity (Wildman–Crippen MR) is 126 cm³/mol. The number of fused-ring (bicyclic) bond motifs is 7. The number of halogens is 1. The second-order valence-electron chi connectivity index (χ2n) is 9.24. The van der Waals surface area contributed by atoms with Crippen LogP contribution in [-0.2, 0) is 0 Å². The largest absolute Gasteiger partial charge is 0.378 e. The SMILES string of the molecule is O=C(Nc1cccc(Cl)c1)c1ccc2c(c1)[C@@H]1[C@H]3CC[C@@H](C3)[C@H]1[C@@H](c1ccccc1)N2. The van der Waals surface area contributed by atoms with Crippen LogP contribution >= 0.6 is 11.6 Å². The Hall–Kier alpha value is -2.78. The van der Waals surface area contributed by atoms with Crippen molar-refractivity contribution in [2.45, 2.75) is 31.2 Å². The van der Waals surface area contributed by atoms with Crippen LogP contribution < -0.4 is 10.6 Å². The van der Waals surface area contributed by atoms with E-state index in [2.05, 4.69) is 53.1 Å². The van der Waals surface area contributed by atoms with Crippen molar-refractivity contribution >= 4 is 28.9 Å². The molecule has 1 amide bonds. The maximum atomic E-state index is 13.0. The summed E-state index contributed by atoms with van der Waals surface area (Å²) in [6.07, 6.45) is 3.96. The van der Waals surface area contributed by atoms with Gasteiger partial charge in [0.05, 0.1) is 6.04 Å². The van der Waals surface area contributed by atoms with E-state index in [-0.39, 0.29) is 5.91 Å². The lowest BCUT2D eigenvalue weighted by atomic mass is 9.68. The van der Waals surface area contributed by atoms with Crippen molar-refractivity contribution < 1.29 is 4.79 Å². The predicted octanol–water partition coefficient (Wildman–Crippen LogP) is 6.89. The Bertz CT molecular complexity index is 1140. The van der Waals surface area contributed by atoms with Gasteiger partial charge in [-0.15, -0.1) is 0 Å². The molecule has 0 radical (unpaired) electrons.